The number of hydrogen-bond acceptors (Lipinski definition) is 4. The van der Waals surface area contributed by atoms with Crippen molar-refractivity contribution in [1.29, 1.82) is 5.26 Å². The van der Waals surface area contributed by atoms with E-state index < -0.39 is 0 Å². The molecule has 0 amide bonds. The van der Waals surface area contributed by atoms with Crippen LogP contribution >= 0.6 is 0 Å². The number of likely N-dealkylation sites (tertiary alicyclic amines) is 1. The third-order valence-corrected chi connectivity index (χ3v) is 3.46. The maximum Gasteiger partial charge on any atom is 0.140 e. The maximum atomic E-state index is 8.70. The summed E-state index contributed by atoms with van der Waals surface area (Å²) in [6.45, 7) is 2.22. The number of pyridine rings is 1. The predicted octanol–water partition coefficient (Wildman–Crippen LogP) is 1.48. The number of rotatable bonds is 3. The summed E-state index contributed by atoms with van der Waals surface area (Å²) in [5, 5.41) is 8.70. The summed E-state index contributed by atoms with van der Waals surface area (Å²) in [6, 6.07) is 6.40. The van der Waals surface area contributed by atoms with E-state index in [1.165, 1.54) is 19.4 Å². The molecule has 2 rings (SSSR count). The molecule has 1 atom stereocenters. The van der Waals surface area contributed by atoms with Crippen LogP contribution in [0, 0.1) is 11.3 Å². The SMILES string of the molecule is CN(CC1CCCN1C)c1ccc(C#N)nc1. The van der Waals surface area contributed by atoms with Gasteiger partial charge in [-0.3, -0.25) is 0 Å². The first kappa shape index (κ1) is 11.9. The minimum Gasteiger partial charge on any atom is -0.372 e. The molecule has 0 saturated carbocycles. The summed E-state index contributed by atoms with van der Waals surface area (Å²) >= 11 is 0. The molecule has 4 heteroatoms. The van der Waals surface area contributed by atoms with Crippen LogP contribution in [-0.2, 0) is 0 Å². The van der Waals surface area contributed by atoms with Crippen LogP contribution in [-0.4, -0.2) is 43.1 Å². The van der Waals surface area contributed by atoms with Crippen LogP contribution in [0.1, 0.15) is 18.5 Å². The zero-order valence-corrected chi connectivity index (χ0v) is 10.4. The minimum atomic E-state index is 0.472. The van der Waals surface area contributed by atoms with Gasteiger partial charge in [-0.05, 0) is 38.6 Å². The normalized spacial score (nSPS) is 20.2. The second-order valence-electron chi connectivity index (χ2n) is 4.67. The lowest BCUT2D eigenvalue weighted by molar-refractivity contribution is 0.314. The summed E-state index contributed by atoms with van der Waals surface area (Å²) in [5.41, 5.74) is 1.55. The summed E-state index contributed by atoms with van der Waals surface area (Å²) < 4.78 is 0. The maximum absolute atomic E-state index is 8.70. The molecule has 0 N–H and O–H groups in total. The van der Waals surface area contributed by atoms with Gasteiger partial charge in [0.15, 0.2) is 0 Å². The van der Waals surface area contributed by atoms with E-state index in [4.69, 9.17) is 5.26 Å². The largest absolute Gasteiger partial charge is 0.372 e. The van der Waals surface area contributed by atoms with Gasteiger partial charge in [0, 0.05) is 19.6 Å². The highest BCUT2D eigenvalue weighted by Crippen LogP contribution is 2.18. The average Bonchev–Trinajstić information content (AvgIpc) is 2.75. The molecule has 1 saturated heterocycles. The lowest BCUT2D eigenvalue weighted by atomic mass is 10.2. The van der Waals surface area contributed by atoms with Gasteiger partial charge in [-0.25, -0.2) is 4.98 Å². The fourth-order valence-corrected chi connectivity index (χ4v) is 2.31. The zero-order valence-electron chi connectivity index (χ0n) is 10.4. The van der Waals surface area contributed by atoms with Gasteiger partial charge in [-0.15, -0.1) is 0 Å². The molecule has 0 aliphatic carbocycles. The Kier molecular flexibility index (Phi) is 3.60. The van der Waals surface area contributed by atoms with Gasteiger partial charge in [0.25, 0.3) is 0 Å². The van der Waals surface area contributed by atoms with Crippen LogP contribution < -0.4 is 4.90 Å². The van der Waals surface area contributed by atoms with Crippen LogP contribution in [0.5, 0.6) is 0 Å². The first-order valence-corrected chi connectivity index (χ1v) is 5.98. The molecule has 1 aromatic rings. The molecule has 4 nitrogen and oxygen atoms in total. The van der Waals surface area contributed by atoms with Crippen molar-refractivity contribution >= 4 is 5.69 Å². The van der Waals surface area contributed by atoms with E-state index in [1.807, 2.05) is 12.1 Å². The highest BCUT2D eigenvalue weighted by atomic mass is 15.2. The molecule has 0 radical (unpaired) electrons. The van der Waals surface area contributed by atoms with E-state index in [0.29, 0.717) is 11.7 Å². The molecule has 1 unspecified atom stereocenters. The first-order chi connectivity index (χ1) is 8.20. The number of nitriles is 1. The molecule has 0 bridgehead atoms. The summed E-state index contributed by atoms with van der Waals surface area (Å²) in [6.07, 6.45) is 4.33. The third-order valence-electron chi connectivity index (χ3n) is 3.46. The van der Waals surface area contributed by atoms with Crippen molar-refractivity contribution in [1.82, 2.24) is 9.88 Å². The topological polar surface area (TPSA) is 43.2 Å². The number of anilines is 1. The quantitative estimate of drug-likeness (QED) is 0.789. The van der Waals surface area contributed by atoms with E-state index in [-0.39, 0.29) is 0 Å². The van der Waals surface area contributed by atoms with Crippen molar-refractivity contribution in [3.8, 4) is 6.07 Å². The minimum absolute atomic E-state index is 0.472. The molecule has 0 spiro atoms. The highest BCUT2D eigenvalue weighted by molar-refractivity contribution is 5.45. The zero-order chi connectivity index (χ0) is 12.3. The summed E-state index contributed by atoms with van der Waals surface area (Å²) in [5.74, 6) is 0. The van der Waals surface area contributed by atoms with E-state index >= 15 is 0 Å². The number of aromatic nitrogens is 1. The van der Waals surface area contributed by atoms with Gasteiger partial charge in [-0.2, -0.15) is 5.26 Å². The van der Waals surface area contributed by atoms with Crippen LogP contribution in [0.25, 0.3) is 0 Å². The molecule has 0 aromatic carbocycles. The van der Waals surface area contributed by atoms with Crippen molar-refractivity contribution in [2.45, 2.75) is 18.9 Å². The van der Waals surface area contributed by atoms with Crippen LogP contribution in [0.4, 0.5) is 5.69 Å². The second kappa shape index (κ2) is 5.15. The molecule has 1 aromatic heterocycles. The van der Waals surface area contributed by atoms with Gasteiger partial charge < -0.3 is 9.80 Å². The average molecular weight is 230 g/mol. The van der Waals surface area contributed by atoms with E-state index in [2.05, 4.69) is 28.9 Å². The number of nitrogens with zero attached hydrogens (tertiary/aromatic N) is 4. The first-order valence-electron chi connectivity index (χ1n) is 5.98. The molecular weight excluding hydrogens is 212 g/mol. The Morgan fingerprint density at radius 1 is 1.59 bits per heavy atom. The summed E-state index contributed by atoms with van der Waals surface area (Å²) in [4.78, 5) is 8.71. The van der Waals surface area contributed by atoms with Crippen LogP contribution in [0.2, 0.25) is 0 Å². The van der Waals surface area contributed by atoms with Crippen molar-refractivity contribution in [2.24, 2.45) is 0 Å². The van der Waals surface area contributed by atoms with E-state index in [9.17, 15) is 0 Å². The van der Waals surface area contributed by atoms with Gasteiger partial charge in [-0.1, -0.05) is 0 Å². The van der Waals surface area contributed by atoms with Gasteiger partial charge in [0.1, 0.15) is 11.8 Å². The Bertz CT molecular complexity index is 406. The lowest BCUT2D eigenvalue weighted by Gasteiger charge is -2.27. The Hall–Kier alpha value is -1.60. The third kappa shape index (κ3) is 2.75. The van der Waals surface area contributed by atoms with Gasteiger partial charge >= 0.3 is 0 Å². The second-order valence-corrected chi connectivity index (χ2v) is 4.67. The Labute approximate surface area is 102 Å². The van der Waals surface area contributed by atoms with Crippen molar-refractivity contribution in [2.75, 3.05) is 32.1 Å². The van der Waals surface area contributed by atoms with Crippen molar-refractivity contribution < 1.29 is 0 Å². The molecule has 1 fully saturated rings. The van der Waals surface area contributed by atoms with Crippen LogP contribution in [0.3, 0.4) is 0 Å². The molecular formula is C13H18N4. The van der Waals surface area contributed by atoms with Crippen molar-refractivity contribution in [3.05, 3.63) is 24.0 Å². The van der Waals surface area contributed by atoms with E-state index in [1.54, 1.807) is 12.3 Å². The lowest BCUT2D eigenvalue weighted by Crippen LogP contribution is -2.36. The fraction of sp³-hybridized carbons (Fsp3) is 0.538. The number of likely N-dealkylation sites (N-methyl/N-ethyl adjacent to an activating group) is 2. The smallest absolute Gasteiger partial charge is 0.140 e. The molecule has 1 aliphatic heterocycles. The predicted molar refractivity (Wildman–Crippen MR) is 67.9 cm³/mol. The molecule has 1 aliphatic rings. The molecule has 90 valence electrons. The Morgan fingerprint density at radius 3 is 2.94 bits per heavy atom. The Balaban J connectivity index is 1.99. The van der Waals surface area contributed by atoms with E-state index in [0.717, 1.165) is 12.2 Å². The van der Waals surface area contributed by atoms with Crippen molar-refractivity contribution in [3.63, 3.8) is 0 Å². The van der Waals surface area contributed by atoms with Gasteiger partial charge in [0.05, 0.1) is 11.9 Å². The highest BCUT2D eigenvalue weighted by Gasteiger charge is 2.22. The van der Waals surface area contributed by atoms with Gasteiger partial charge in [0.2, 0.25) is 0 Å². The fourth-order valence-electron chi connectivity index (χ4n) is 2.31. The van der Waals surface area contributed by atoms with Crippen LogP contribution in [0.15, 0.2) is 18.3 Å². The Morgan fingerprint density at radius 2 is 2.41 bits per heavy atom. The number of hydrogen-bond donors (Lipinski definition) is 0. The molecule has 2 heterocycles. The standard InChI is InChI=1S/C13H18N4/c1-16-7-3-4-13(16)10-17(2)12-6-5-11(8-14)15-9-12/h5-6,9,13H,3-4,7,10H2,1-2H3. The summed E-state index contributed by atoms with van der Waals surface area (Å²) in [7, 11) is 4.26. The monoisotopic (exact) mass is 230 g/mol. The molecule has 17 heavy (non-hydrogen) atoms.